The summed E-state index contributed by atoms with van der Waals surface area (Å²) < 4.78 is 22.5. The Labute approximate surface area is 199 Å². The second-order valence-electron chi connectivity index (χ2n) is 8.28. The zero-order valence-electron chi connectivity index (χ0n) is 18.6. The van der Waals surface area contributed by atoms with Crippen molar-refractivity contribution in [3.8, 4) is 0 Å². The highest BCUT2D eigenvalue weighted by Crippen LogP contribution is 2.14. The first-order valence-corrected chi connectivity index (χ1v) is 12.6. The highest BCUT2D eigenvalue weighted by molar-refractivity contribution is 7.91. The van der Waals surface area contributed by atoms with E-state index in [2.05, 4.69) is 9.97 Å². The van der Waals surface area contributed by atoms with Gasteiger partial charge in [-0.3, -0.25) is 9.59 Å². The SMILES string of the molecule is C.[B]c1[nH]cc(C(=O)N2CCCCC2)c1C.[B]c1[nH]cc(C(=O)N2CCS(=O)(=O)CC2)c1C. The minimum Gasteiger partial charge on any atom is -0.374 e. The molecule has 4 radical (unpaired) electrons. The van der Waals surface area contributed by atoms with Gasteiger partial charge in [-0.1, -0.05) is 7.43 Å². The van der Waals surface area contributed by atoms with E-state index in [0.29, 0.717) is 22.3 Å². The highest BCUT2D eigenvalue weighted by atomic mass is 32.2. The summed E-state index contributed by atoms with van der Waals surface area (Å²) >= 11 is 0. The molecule has 8 nitrogen and oxygen atoms in total. The Balaban J connectivity index is 0.000000228. The quantitative estimate of drug-likeness (QED) is 0.619. The second kappa shape index (κ2) is 11.1. The number of sulfone groups is 1. The number of aromatic nitrogens is 2. The van der Waals surface area contributed by atoms with Crippen LogP contribution < -0.4 is 11.2 Å². The van der Waals surface area contributed by atoms with Gasteiger partial charge in [0.1, 0.15) is 15.7 Å². The van der Waals surface area contributed by atoms with Crippen LogP contribution >= 0.6 is 0 Å². The molecule has 4 heterocycles. The summed E-state index contributed by atoms with van der Waals surface area (Å²) in [5.74, 6) is 0.0283. The van der Waals surface area contributed by atoms with E-state index in [-0.39, 0.29) is 43.8 Å². The van der Waals surface area contributed by atoms with Crippen molar-refractivity contribution < 1.29 is 18.0 Å². The van der Waals surface area contributed by atoms with Gasteiger partial charge in [0.2, 0.25) is 0 Å². The Morgan fingerprint density at radius 3 is 1.55 bits per heavy atom. The monoisotopic (exact) mass is 470 g/mol. The lowest BCUT2D eigenvalue weighted by atomic mass is 9.98. The van der Waals surface area contributed by atoms with Gasteiger partial charge in [0.05, 0.1) is 22.6 Å². The van der Waals surface area contributed by atoms with Crippen molar-refractivity contribution >= 4 is 48.5 Å². The summed E-state index contributed by atoms with van der Waals surface area (Å²) in [5.41, 5.74) is 3.87. The molecule has 0 unspecified atom stereocenters. The minimum absolute atomic E-state index is 0. The fourth-order valence-corrected chi connectivity index (χ4v) is 5.02. The number of hydrogen-bond donors (Lipinski definition) is 2. The summed E-state index contributed by atoms with van der Waals surface area (Å²) in [6.07, 6.45) is 6.74. The largest absolute Gasteiger partial charge is 0.374 e. The van der Waals surface area contributed by atoms with Gasteiger partial charge in [-0.25, -0.2) is 8.42 Å². The first-order chi connectivity index (χ1) is 15.1. The summed E-state index contributed by atoms with van der Waals surface area (Å²) in [6, 6.07) is 0. The molecular formula is C22H32B2N4O4S. The number of nitrogens with zero attached hydrogens (tertiary/aromatic N) is 2. The van der Waals surface area contributed by atoms with Crippen molar-refractivity contribution in [2.75, 3.05) is 37.7 Å². The van der Waals surface area contributed by atoms with Crippen LogP contribution in [0.2, 0.25) is 0 Å². The van der Waals surface area contributed by atoms with Gasteiger partial charge in [0, 0.05) is 38.6 Å². The molecule has 2 aromatic rings. The van der Waals surface area contributed by atoms with Crippen LogP contribution in [0.15, 0.2) is 12.4 Å². The van der Waals surface area contributed by atoms with Crippen molar-refractivity contribution in [3.05, 3.63) is 34.6 Å². The molecule has 0 spiro atoms. The third kappa shape index (κ3) is 6.34. The van der Waals surface area contributed by atoms with Crippen molar-refractivity contribution in [1.29, 1.82) is 0 Å². The van der Waals surface area contributed by atoms with Gasteiger partial charge >= 0.3 is 0 Å². The lowest BCUT2D eigenvalue weighted by Crippen LogP contribution is -2.43. The van der Waals surface area contributed by atoms with E-state index in [1.165, 1.54) is 6.42 Å². The number of aromatic amines is 2. The fourth-order valence-electron chi connectivity index (χ4n) is 3.82. The number of likely N-dealkylation sites (tertiary alicyclic amines) is 1. The van der Waals surface area contributed by atoms with Gasteiger partial charge in [0.15, 0.2) is 9.84 Å². The van der Waals surface area contributed by atoms with E-state index in [4.69, 9.17) is 15.7 Å². The van der Waals surface area contributed by atoms with Crippen molar-refractivity contribution in [3.63, 3.8) is 0 Å². The van der Waals surface area contributed by atoms with Gasteiger partial charge in [-0.15, -0.1) is 0 Å². The molecule has 0 aromatic carbocycles. The molecule has 0 atom stereocenters. The van der Waals surface area contributed by atoms with E-state index in [9.17, 15) is 18.0 Å². The lowest BCUT2D eigenvalue weighted by Gasteiger charge is -2.26. The summed E-state index contributed by atoms with van der Waals surface area (Å²) in [6.45, 7) is 5.91. The topological polar surface area (TPSA) is 106 Å². The third-order valence-electron chi connectivity index (χ3n) is 6.10. The van der Waals surface area contributed by atoms with Crippen LogP contribution in [-0.4, -0.2) is 93.4 Å². The van der Waals surface area contributed by atoms with Crippen LogP contribution in [-0.2, 0) is 9.84 Å². The molecule has 33 heavy (non-hydrogen) atoms. The second-order valence-corrected chi connectivity index (χ2v) is 10.6. The number of rotatable bonds is 2. The Kier molecular flexibility index (Phi) is 9.05. The van der Waals surface area contributed by atoms with Crippen LogP contribution in [0.4, 0.5) is 0 Å². The standard InChI is InChI=1S/C11H15BN2O.C10H13BN2O3S.CH4/c1-8-9(7-13-10(8)12)11(15)14-5-3-2-4-6-14;1-7-8(6-12-9(7)11)10(14)13-2-4-17(15,16)5-3-13;/h7,13H,2-6H2,1H3;6,12H,2-5H2,1H3;1H4. The molecule has 0 aliphatic carbocycles. The molecule has 0 saturated carbocycles. The smallest absolute Gasteiger partial charge is 0.255 e. The van der Waals surface area contributed by atoms with Crippen LogP contribution in [0, 0.1) is 13.8 Å². The van der Waals surface area contributed by atoms with Crippen LogP contribution in [0.3, 0.4) is 0 Å². The molecule has 2 aromatic heterocycles. The van der Waals surface area contributed by atoms with Crippen LogP contribution in [0.25, 0.3) is 0 Å². The number of nitrogens with one attached hydrogen (secondary N) is 2. The maximum absolute atomic E-state index is 12.1. The maximum Gasteiger partial charge on any atom is 0.255 e. The predicted molar refractivity (Wildman–Crippen MR) is 133 cm³/mol. The van der Waals surface area contributed by atoms with Crippen LogP contribution in [0.5, 0.6) is 0 Å². The maximum atomic E-state index is 12.1. The predicted octanol–water partition coefficient (Wildman–Crippen LogP) is 0.367. The zero-order valence-corrected chi connectivity index (χ0v) is 19.4. The number of H-pyrrole nitrogens is 2. The fraction of sp³-hybridized carbons (Fsp3) is 0.545. The molecule has 2 aliphatic rings. The molecule has 0 bridgehead atoms. The van der Waals surface area contributed by atoms with E-state index < -0.39 is 9.84 Å². The first-order valence-electron chi connectivity index (χ1n) is 10.8. The third-order valence-corrected chi connectivity index (χ3v) is 7.70. The summed E-state index contributed by atoms with van der Waals surface area (Å²) in [4.78, 5) is 33.3. The van der Waals surface area contributed by atoms with E-state index in [1.807, 2.05) is 11.8 Å². The van der Waals surface area contributed by atoms with Crippen molar-refractivity contribution in [2.24, 2.45) is 0 Å². The normalized spacial score (nSPS) is 17.5. The minimum atomic E-state index is -2.96. The average molecular weight is 470 g/mol. The number of carbonyl (C=O) groups is 2. The van der Waals surface area contributed by atoms with Gasteiger partial charge in [-0.05, 0) is 55.4 Å². The van der Waals surface area contributed by atoms with Crippen molar-refractivity contribution in [2.45, 2.75) is 40.5 Å². The van der Waals surface area contributed by atoms with Crippen LogP contribution in [0.1, 0.15) is 58.5 Å². The molecule has 2 saturated heterocycles. The van der Waals surface area contributed by atoms with Gasteiger partial charge < -0.3 is 19.8 Å². The summed E-state index contributed by atoms with van der Waals surface area (Å²) in [5, 5.41) is 0. The Morgan fingerprint density at radius 2 is 1.18 bits per heavy atom. The molecule has 4 rings (SSSR count). The molecule has 11 heteroatoms. The molecule has 2 fully saturated rings. The average Bonchev–Trinajstić information content (AvgIpc) is 3.29. The molecule has 2 amide bonds. The van der Waals surface area contributed by atoms with Gasteiger partial charge in [0.25, 0.3) is 11.8 Å². The summed E-state index contributed by atoms with van der Waals surface area (Å²) in [7, 11) is 8.35. The first kappa shape index (κ1) is 26.8. The highest BCUT2D eigenvalue weighted by Gasteiger charge is 2.27. The number of carbonyl (C=O) groups excluding carboxylic acids is 2. The molecule has 2 aliphatic heterocycles. The number of amides is 2. The van der Waals surface area contributed by atoms with Gasteiger partial charge in [-0.2, -0.15) is 0 Å². The van der Waals surface area contributed by atoms with E-state index in [0.717, 1.165) is 37.1 Å². The number of piperidine rings is 1. The molecule has 176 valence electrons. The number of hydrogen-bond acceptors (Lipinski definition) is 4. The molecule has 2 N–H and O–H groups in total. The van der Waals surface area contributed by atoms with E-state index in [1.54, 1.807) is 24.2 Å². The zero-order chi connectivity index (χ0) is 23.5. The van der Waals surface area contributed by atoms with Crippen molar-refractivity contribution in [1.82, 2.24) is 19.8 Å². The lowest BCUT2D eigenvalue weighted by molar-refractivity contribution is 0.0722. The Hall–Kier alpha value is -2.42. The van der Waals surface area contributed by atoms with E-state index >= 15 is 0 Å². The Morgan fingerprint density at radius 1 is 0.788 bits per heavy atom. The molecular weight excluding hydrogens is 438 g/mol. The Bertz CT molecular complexity index is 1070.